The van der Waals surface area contributed by atoms with Crippen LogP contribution in [-0.4, -0.2) is 15.0 Å². The number of hydrogen-bond donors (Lipinski definition) is 0. The smallest absolute Gasteiger partial charge is 0.160 e. The number of hydrogen-bond acceptors (Lipinski definition) is 3. The van der Waals surface area contributed by atoms with Crippen molar-refractivity contribution in [3.05, 3.63) is 200 Å². The van der Waals surface area contributed by atoms with Gasteiger partial charge < -0.3 is 0 Å². The fourth-order valence-electron chi connectivity index (χ4n) is 7.54. The molecule has 0 aliphatic heterocycles. The van der Waals surface area contributed by atoms with Crippen LogP contribution in [0.15, 0.2) is 200 Å². The predicted octanol–water partition coefficient (Wildman–Crippen LogP) is 13.3. The van der Waals surface area contributed by atoms with Gasteiger partial charge in [0.25, 0.3) is 0 Å². The Kier molecular flexibility index (Phi) is 7.81. The molecule has 0 radical (unpaired) electrons. The van der Waals surface area contributed by atoms with Crippen LogP contribution < -0.4 is 0 Å². The molecule has 0 aliphatic carbocycles. The van der Waals surface area contributed by atoms with Crippen molar-refractivity contribution < 1.29 is 0 Å². The average molecular weight is 688 g/mol. The summed E-state index contributed by atoms with van der Waals surface area (Å²) in [5, 5.41) is 7.24. The van der Waals surface area contributed by atoms with E-state index in [2.05, 4.69) is 193 Å². The highest BCUT2D eigenvalue weighted by atomic mass is 14.9. The van der Waals surface area contributed by atoms with Gasteiger partial charge in [-0.2, -0.15) is 0 Å². The van der Waals surface area contributed by atoms with Crippen LogP contribution >= 0.6 is 0 Å². The maximum absolute atomic E-state index is 5.22. The fraction of sp³-hybridized carbons (Fsp3) is 0. The molecule has 2 heterocycles. The van der Waals surface area contributed by atoms with Crippen LogP contribution in [0.25, 0.3) is 99.6 Å². The lowest BCUT2D eigenvalue weighted by molar-refractivity contribution is 1.18. The van der Waals surface area contributed by atoms with Gasteiger partial charge in [-0.05, 0) is 72.9 Å². The average Bonchev–Trinajstić information content (AvgIpc) is 3.26. The van der Waals surface area contributed by atoms with E-state index in [1.165, 1.54) is 38.1 Å². The highest BCUT2D eigenvalue weighted by Gasteiger charge is 2.14. The molecule has 0 saturated carbocycles. The summed E-state index contributed by atoms with van der Waals surface area (Å²) in [6, 6.07) is 66.6. The van der Waals surface area contributed by atoms with Gasteiger partial charge >= 0.3 is 0 Å². The number of aromatic nitrogens is 3. The molecule has 0 unspecified atom stereocenters. The predicted molar refractivity (Wildman–Crippen MR) is 225 cm³/mol. The van der Waals surface area contributed by atoms with Crippen LogP contribution in [-0.2, 0) is 0 Å². The van der Waals surface area contributed by atoms with Crippen molar-refractivity contribution in [1.29, 1.82) is 0 Å². The largest absolute Gasteiger partial charge is 0.263 e. The molecule has 252 valence electrons. The van der Waals surface area contributed by atoms with E-state index in [1.54, 1.807) is 0 Å². The number of pyridine rings is 1. The summed E-state index contributed by atoms with van der Waals surface area (Å²) >= 11 is 0. The van der Waals surface area contributed by atoms with Crippen LogP contribution in [0, 0.1) is 0 Å². The molecule has 0 fully saturated rings. The van der Waals surface area contributed by atoms with Gasteiger partial charge in [0.2, 0.25) is 0 Å². The molecule has 0 atom stereocenters. The first-order chi connectivity index (χ1) is 26.7. The van der Waals surface area contributed by atoms with E-state index < -0.39 is 0 Å². The molecular weight excluding hydrogens is 655 g/mol. The van der Waals surface area contributed by atoms with Gasteiger partial charge in [-0.15, -0.1) is 0 Å². The number of nitrogens with zero attached hydrogens (tertiary/aromatic N) is 3. The molecule has 10 rings (SSSR count). The highest BCUT2D eigenvalue weighted by molar-refractivity contribution is 5.97. The van der Waals surface area contributed by atoms with Crippen LogP contribution in [0.3, 0.4) is 0 Å². The summed E-state index contributed by atoms with van der Waals surface area (Å²) in [4.78, 5) is 15.0. The minimum absolute atomic E-state index is 0.686. The van der Waals surface area contributed by atoms with E-state index in [1.807, 2.05) is 12.4 Å². The van der Waals surface area contributed by atoms with Crippen molar-refractivity contribution in [2.75, 3.05) is 0 Å². The monoisotopic (exact) mass is 687 g/mol. The summed E-state index contributed by atoms with van der Waals surface area (Å²) in [6.45, 7) is 0. The van der Waals surface area contributed by atoms with Gasteiger partial charge in [0.05, 0.1) is 11.4 Å². The van der Waals surface area contributed by atoms with Gasteiger partial charge in [0.15, 0.2) is 5.82 Å². The highest BCUT2D eigenvalue weighted by Crippen LogP contribution is 2.35. The molecule has 0 spiro atoms. The fourth-order valence-corrected chi connectivity index (χ4v) is 7.54. The van der Waals surface area contributed by atoms with E-state index in [9.17, 15) is 0 Å². The Labute approximate surface area is 313 Å². The molecule has 8 aromatic carbocycles. The van der Waals surface area contributed by atoms with Gasteiger partial charge in [-0.3, -0.25) is 4.98 Å². The van der Waals surface area contributed by atoms with Crippen LogP contribution in [0.2, 0.25) is 0 Å². The number of rotatable bonds is 6. The van der Waals surface area contributed by atoms with E-state index in [4.69, 9.17) is 9.97 Å². The lowest BCUT2D eigenvalue weighted by Crippen LogP contribution is -1.96. The summed E-state index contributed by atoms with van der Waals surface area (Å²) in [5.41, 5.74) is 11.7. The minimum atomic E-state index is 0.686. The number of benzene rings is 8. The second kappa shape index (κ2) is 13.4. The zero-order chi connectivity index (χ0) is 35.8. The lowest BCUT2D eigenvalue weighted by atomic mass is 9.96. The van der Waals surface area contributed by atoms with Gasteiger partial charge in [0.1, 0.15) is 0 Å². The number of fused-ring (bicyclic) bond motifs is 3. The molecule has 10 aromatic rings. The standard InChI is InChI=1S/C51H33N3/c1-2-11-40-29-42(28-19-34(40)9-1)41-14-7-15-43(30-41)51-53-49(38-24-20-36(21-25-38)46-18-8-13-35-10-3-5-16-45(35)46)31-50(54-51)39-26-22-37(23-27-39)48-33-52-32-44-12-4-6-17-47(44)48/h1-33H. The van der Waals surface area contributed by atoms with Crippen molar-refractivity contribution in [3.8, 4) is 67.3 Å². The Balaban J connectivity index is 1.07. The Morgan fingerprint density at radius 1 is 0.278 bits per heavy atom. The molecule has 0 bridgehead atoms. The van der Waals surface area contributed by atoms with Crippen molar-refractivity contribution in [1.82, 2.24) is 15.0 Å². The van der Waals surface area contributed by atoms with Crippen molar-refractivity contribution in [3.63, 3.8) is 0 Å². The zero-order valence-corrected chi connectivity index (χ0v) is 29.4. The van der Waals surface area contributed by atoms with E-state index in [-0.39, 0.29) is 0 Å². The van der Waals surface area contributed by atoms with Crippen molar-refractivity contribution in [2.24, 2.45) is 0 Å². The second-order valence-corrected chi connectivity index (χ2v) is 13.7. The topological polar surface area (TPSA) is 38.7 Å². The molecule has 0 amide bonds. The normalized spacial score (nSPS) is 11.3. The van der Waals surface area contributed by atoms with Gasteiger partial charge in [-0.1, -0.05) is 170 Å². The van der Waals surface area contributed by atoms with Crippen LogP contribution in [0.5, 0.6) is 0 Å². The molecule has 0 N–H and O–H groups in total. The van der Waals surface area contributed by atoms with Gasteiger partial charge in [0, 0.05) is 40.0 Å². The summed E-state index contributed by atoms with van der Waals surface area (Å²) < 4.78 is 0. The van der Waals surface area contributed by atoms with Crippen LogP contribution in [0.4, 0.5) is 0 Å². The first kappa shape index (κ1) is 31.5. The Morgan fingerprint density at radius 3 is 1.54 bits per heavy atom. The molecule has 0 aliphatic rings. The summed E-state index contributed by atoms with van der Waals surface area (Å²) in [7, 11) is 0. The van der Waals surface area contributed by atoms with Crippen molar-refractivity contribution in [2.45, 2.75) is 0 Å². The summed E-state index contributed by atoms with van der Waals surface area (Å²) in [5.74, 6) is 0.686. The molecular formula is C51H33N3. The van der Waals surface area contributed by atoms with E-state index >= 15 is 0 Å². The molecule has 54 heavy (non-hydrogen) atoms. The van der Waals surface area contributed by atoms with Crippen molar-refractivity contribution >= 4 is 32.3 Å². The lowest BCUT2D eigenvalue weighted by Gasteiger charge is -2.12. The van der Waals surface area contributed by atoms with Crippen LogP contribution in [0.1, 0.15) is 0 Å². The first-order valence-corrected chi connectivity index (χ1v) is 18.2. The third-order valence-corrected chi connectivity index (χ3v) is 10.4. The Bertz CT molecular complexity index is 2830. The van der Waals surface area contributed by atoms with E-state index in [0.29, 0.717) is 5.82 Å². The molecule has 2 aromatic heterocycles. The van der Waals surface area contributed by atoms with E-state index in [0.717, 1.165) is 55.7 Å². The second-order valence-electron chi connectivity index (χ2n) is 13.7. The Hall–Kier alpha value is -7.23. The quantitative estimate of drug-likeness (QED) is 0.175. The maximum Gasteiger partial charge on any atom is 0.160 e. The maximum atomic E-state index is 5.22. The Morgan fingerprint density at radius 2 is 0.796 bits per heavy atom. The SMILES string of the molecule is c1cc(-c2ccc3ccccc3c2)cc(-c2nc(-c3ccc(-c4cccc5ccccc45)cc3)cc(-c3ccc(-c4cncc5ccccc45)cc3)n2)c1. The first-order valence-electron chi connectivity index (χ1n) is 18.2. The molecule has 3 heteroatoms. The van der Waals surface area contributed by atoms with Gasteiger partial charge in [-0.25, -0.2) is 9.97 Å². The third-order valence-electron chi connectivity index (χ3n) is 10.4. The summed E-state index contributed by atoms with van der Waals surface area (Å²) in [6.07, 6.45) is 3.86. The minimum Gasteiger partial charge on any atom is -0.263 e. The third kappa shape index (κ3) is 5.88. The zero-order valence-electron chi connectivity index (χ0n) is 29.4. The molecule has 0 saturated heterocycles. The molecule has 3 nitrogen and oxygen atoms in total.